The molecule has 0 aliphatic rings. The van der Waals surface area contributed by atoms with E-state index < -0.39 is 11.6 Å². The van der Waals surface area contributed by atoms with E-state index in [1.807, 2.05) is 84.3 Å². The maximum absolute atomic E-state index is 14.3. The zero-order chi connectivity index (χ0) is 30.8. The standard InChI is InChI=1S/C36H45N3O4/c1-4-6-23-38(3)35(43)36(22-21-30(40)12-5-2,25-27-13-8-7-9-14-27)37-34(42)26-39-32-16-11-10-15-29(32)24-33(39)28-17-19-31(41)20-18-28/h7-11,13-20,24,30,40-41H,4-6,12,21-23,25-26H2,1-3H3,(H,37,42). The van der Waals surface area contributed by atoms with Crippen LogP contribution in [-0.2, 0) is 22.6 Å². The van der Waals surface area contributed by atoms with Crippen molar-refractivity contribution in [1.29, 1.82) is 0 Å². The van der Waals surface area contributed by atoms with Gasteiger partial charge in [-0.05, 0) is 73.2 Å². The molecule has 0 aliphatic carbocycles. The molecule has 3 N–H and O–H groups in total. The van der Waals surface area contributed by atoms with Crippen molar-refractivity contribution in [3.05, 3.63) is 90.5 Å². The molecule has 0 spiro atoms. The van der Waals surface area contributed by atoms with Crippen LogP contribution in [0.25, 0.3) is 22.2 Å². The van der Waals surface area contributed by atoms with Crippen LogP contribution in [-0.4, -0.2) is 56.7 Å². The van der Waals surface area contributed by atoms with Gasteiger partial charge in [-0.2, -0.15) is 0 Å². The minimum Gasteiger partial charge on any atom is -0.508 e. The van der Waals surface area contributed by atoms with Crippen LogP contribution in [0.3, 0.4) is 0 Å². The first kappa shape index (κ1) is 31.8. The Hall–Kier alpha value is -4.10. The normalized spacial score (nSPS) is 13.4. The number of para-hydroxylation sites is 1. The summed E-state index contributed by atoms with van der Waals surface area (Å²) in [6, 6.07) is 26.6. The van der Waals surface area contributed by atoms with Gasteiger partial charge >= 0.3 is 0 Å². The summed E-state index contributed by atoms with van der Waals surface area (Å²) in [6.07, 6.45) is 3.78. The number of hydrogen-bond donors (Lipinski definition) is 3. The highest BCUT2D eigenvalue weighted by Gasteiger charge is 2.42. The van der Waals surface area contributed by atoms with Gasteiger partial charge in [0.15, 0.2) is 0 Å². The lowest BCUT2D eigenvalue weighted by Crippen LogP contribution is -2.61. The lowest BCUT2D eigenvalue weighted by atomic mass is 9.83. The molecule has 0 saturated carbocycles. The largest absolute Gasteiger partial charge is 0.508 e. The van der Waals surface area contributed by atoms with Crippen molar-refractivity contribution in [2.45, 2.75) is 77.0 Å². The second kappa shape index (κ2) is 14.9. The summed E-state index contributed by atoms with van der Waals surface area (Å²) < 4.78 is 1.96. The number of carbonyl (C=O) groups is 2. The summed E-state index contributed by atoms with van der Waals surface area (Å²) in [5.41, 5.74) is 2.34. The zero-order valence-corrected chi connectivity index (χ0v) is 25.6. The maximum Gasteiger partial charge on any atom is 0.248 e. The highest BCUT2D eigenvalue weighted by atomic mass is 16.3. The molecule has 0 saturated heterocycles. The van der Waals surface area contributed by atoms with Crippen LogP contribution in [0.5, 0.6) is 5.75 Å². The Bertz CT molecular complexity index is 1480. The number of nitrogens with one attached hydrogen (secondary N) is 1. The summed E-state index contributed by atoms with van der Waals surface area (Å²) in [5.74, 6) is -0.247. The number of aliphatic hydroxyl groups excluding tert-OH is 1. The molecule has 2 amide bonds. The quantitative estimate of drug-likeness (QED) is 0.153. The predicted molar refractivity (Wildman–Crippen MR) is 173 cm³/mol. The summed E-state index contributed by atoms with van der Waals surface area (Å²) in [6.45, 7) is 4.71. The molecule has 0 bridgehead atoms. The molecule has 0 fully saturated rings. The third-order valence-corrected chi connectivity index (χ3v) is 8.13. The number of amides is 2. The van der Waals surface area contributed by atoms with Gasteiger partial charge in [0.25, 0.3) is 0 Å². The van der Waals surface area contributed by atoms with E-state index in [1.54, 1.807) is 24.1 Å². The van der Waals surface area contributed by atoms with E-state index in [-0.39, 0.29) is 24.1 Å². The number of benzene rings is 3. The molecule has 4 aromatic rings. The molecule has 2 atom stereocenters. The average molecular weight is 584 g/mol. The molecule has 7 nitrogen and oxygen atoms in total. The van der Waals surface area contributed by atoms with Gasteiger partial charge < -0.3 is 25.0 Å². The Morgan fingerprint density at radius 2 is 1.63 bits per heavy atom. The molecule has 228 valence electrons. The lowest BCUT2D eigenvalue weighted by Gasteiger charge is -2.38. The zero-order valence-electron chi connectivity index (χ0n) is 25.6. The molecule has 1 aromatic heterocycles. The molecule has 43 heavy (non-hydrogen) atoms. The van der Waals surface area contributed by atoms with Crippen LogP contribution < -0.4 is 5.32 Å². The summed E-state index contributed by atoms with van der Waals surface area (Å²) in [4.78, 5) is 30.1. The molecule has 0 radical (unpaired) electrons. The van der Waals surface area contributed by atoms with E-state index in [9.17, 15) is 19.8 Å². The second-order valence-corrected chi connectivity index (χ2v) is 11.6. The van der Waals surface area contributed by atoms with Gasteiger partial charge in [0.1, 0.15) is 17.8 Å². The average Bonchev–Trinajstić information content (AvgIpc) is 3.37. The Morgan fingerprint density at radius 3 is 2.33 bits per heavy atom. The van der Waals surface area contributed by atoms with Crippen molar-refractivity contribution >= 4 is 22.7 Å². The number of rotatable bonds is 15. The van der Waals surface area contributed by atoms with Crippen molar-refractivity contribution in [2.75, 3.05) is 13.6 Å². The van der Waals surface area contributed by atoms with Crippen LogP contribution >= 0.6 is 0 Å². The number of aromatic nitrogens is 1. The maximum atomic E-state index is 14.3. The molecule has 3 aromatic carbocycles. The number of phenols is 1. The Balaban J connectivity index is 1.73. The fraction of sp³-hybridized carbons (Fsp3) is 0.389. The SMILES string of the molecule is CCCCN(C)C(=O)C(CCC(O)CCC)(Cc1ccccc1)NC(=O)Cn1c(-c2ccc(O)cc2)cc2ccccc21. The molecule has 7 heteroatoms. The number of nitrogens with zero attached hydrogens (tertiary/aromatic N) is 2. The molecule has 4 rings (SSSR count). The first-order valence-corrected chi connectivity index (χ1v) is 15.4. The van der Waals surface area contributed by atoms with Crippen LogP contribution in [0.1, 0.15) is 57.9 Å². The number of likely N-dealkylation sites (N-methyl/N-ethyl adjacent to an activating group) is 1. The number of phenolic OH excluding ortho intramolecular Hbond substituents is 1. The summed E-state index contributed by atoms with van der Waals surface area (Å²) >= 11 is 0. The van der Waals surface area contributed by atoms with Gasteiger partial charge in [0, 0.05) is 36.6 Å². The van der Waals surface area contributed by atoms with E-state index in [0.717, 1.165) is 47.0 Å². The first-order valence-electron chi connectivity index (χ1n) is 15.4. The summed E-state index contributed by atoms with van der Waals surface area (Å²) in [5, 5.41) is 24.8. The summed E-state index contributed by atoms with van der Waals surface area (Å²) in [7, 11) is 1.80. The van der Waals surface area contributed by atoms with E-state index in [0.29, 0.717) is 32.2 Å². The molecule has 2 unspecified atom stereocenters. The molecular weight excluding hydrogens is 538 g/mol. The third-order valence-electron chi connectivity index (χ3n) is 8.13. The van der Waals surface area contributed by atoms with Crippen molar-refractivity contribution < 1.29 is 19.8 Å². The Kier molecular flexibility index (Phi) is 11.0. The number of carbonyl (C=O) groups excluding carboxylic acids is 2. The fourth-order valence-corrected chi connectivity index (χ4v) is 5.83. The minimum atomic E-state index is -1.22. The van der Waals surface area contributed by atoms with Crippen molar-refractivity contribution in [3.63, 3.8) is 0 Å². The smallest absolute Gasteiger partial charge is 0.248 e. The lowest BCUT2D eigenvalue weighted by molar-refractivity contribution is -0.141. The monoisotopic (exact) mass is 583 g/mol. The van der Waals surface area contributed by atoms with Crippen LogP contribution in [0, 0.1) is 0 Å². The Labute approximate surface area is 255 Å². The van der Waals surface area contributed by atoms with Crippen molar-refractivity contribution in [3.8, 4) is 17.0 Å². The predicted octanol–water partition coefficient (Wildman–Crippen LogP) is 6.31. The first-order chi connectivity index (χ1) is 20.8. The fourth-order valence-electron chi connectivity index (χ4n) is 5.83. The van der Waals surface area contributed by atoms with Crippen molar-refractivity contribution in [1.82, 2.24) is 14.8 Å². The third kappa shape index (κ3) is 8.05. The number of fused-ring (bicyclic) bond motifs is 1. The van der Waals surface area contributed by atoms with Gasteiger partial charge in [-0.25, -0.2) is 0 Å². The van der Waals surface area contributed by atoms with Crippen molar-refractivity contribution in [2.24, 2.45) is 0 Å². The minimum absolute atomic E-state index is 0.00370. The molecular formula is C36H45N3O4. The van der Waals surface area contributed by atoms with Crippen LogP contribution in [0.15, 0.2) is 84.9 Å². The van der Waals surface area contributed by atoms with E-state index in [1.165, 1.54) is 0 Å². The highest BCUT2D eigenvalue weighted by molar-refractivity contribution is 5.93. The Morgan fingerprint density at radius 1 is 0.930 bits per heavy atom. The topological polar surface area (TPSA) is 94.8 Å². The second-order valence-electron chi connectivity index (χ2n) is 11.6. The van der Waals surface area contributed by atoms with Gasteiger partial charge in [-0.3, -0.25) is 9.59 Å². The van der Waals surface area contributed by atoms with E-state index in [4.69, 9.17) is 0 Å². The molecule has 0 aliphatic heterocycles. The van der Waals surface area contributed by atoms with Gasteiger partial charge in [0.2, 0.25) is 11.8 Å². The highest BCUT2D eigenvalue weighted by Crippen LogP contribution is 2.30. The number of aliphatic hydroxyl groups is 1. The van der Waals surface area contributed by atoms with Crippen LogP contribution in [0.4, 0.5) is 0 Å². The van der Waals surface area contributed by atoms with Gasteiger partial charge in [0.05, 0.1) is 6.10 Å². The number of aromatic hydroxyl groups is 1. The van der Waals surface area contributed by atoms with E-state index >= 15 is 0 Å². The van der Waals surface area contributed by atoms with Crippen LogP contribution in [0.2, 0.25) is 0 Å². The molecule has 1 heterocycles. The van der Waals surface area contributed by atoms with Gasteiger partial charge in [-0.1, -0.05) is 75.2 Å². The van der Waals surface area contributed by atoms with E-state index in [2.05, 4.69) is 12.2 Å². The number of unbranched alkanes of at least 4 members (excludes halogenated alkanes) is 1. The van der Waals surface area contributed by atoms with Gasteiger partial charge in [-0.15, -0.1) is 0 Å². The number of hydrogen-bond acceptors (Lipinski definition) is 4.